The molecule has 4 aromatic rings. The summed E-state index contributed by atoms with van der Waals surface area (Å²) < 4.78 is 28.3. The van der Waals surface area contributed by atoms with Crippen molar-refractivity contribution in [2.24, 2.45) is 0 Å². The molecule has 5 rings (SSSR count). The summed E-state index contributed by atoms with van der Waals surface area (Å²) in [6.45, 7) is 17.2. The number of ether oxygens (including phenoxy) is 5. The van der Waals surface area contributed by atoms with Crippen molar-refractivity contribution in [3.05, 3.63) is 86.6 Å². The summed E-state index contributed by atoms with van der Waals surface area (Å²) in [7, 11) is 0. The maximum atomic E-state index is 12.9. The van der Waals surface area contributed by atoms with Crippen molar-refractivity contribution >= 4 is 57.1 Å². The van der Waals surface area contributed by atoms with E-state index in [2.05, 4.69) is 41.5 Å². The van der Waals surface area contributed by atoms with Crippen LogP contribution in [0.4, 0.5) is 22.5 Å². The van der Waals surface area contributed by atoms with Gasteiger partial charge in [-0.1, -0.05) is 47.2 Å². The molecule has 59 heavy (non-hydrogen) atoms. The summed E-state index contributed by atoms with van der Waals surface area (Å²) in [5, 5.41) is 7.18. The monoisotopic (exact) mass is 851 g/mol. The standard InChI is InChI=1S/C43H58ClN7O7S/c1-31-11-12-35(28-36(31)33(3)52)9-5-6-18-54-20-22-56-24-26-58-27-25-57-23-21-55-19-17-50-13-15-51(16-14-50)40-29-39(46-34(4)47-40)48-43-45-30-38(59-43)42(53)49-41-32(2)8-7-10-37(41)44/h7-8,10-12,28-30H,5-6,9,13-27H2,1-4H3,(H,49,53)(H,45,46,47,48). The van der Waals surface area contributed by atoms with Crippen LogP contribution in [0.5, 0.6) is 0 Å². The normalized spacial score (nSPS) is 13.2. The van der Waals surface area contributed by atoms with Gasteiger partial charge in [0.2, 0.25) is 0 Å². The number of nitrogens with one attached hydrogen (secondary N) is 2. The van der Waals surface area contributed by atoms with Crippen molar-refractivity contribution in [3.8, 4) is 0 Å². The van der Waals surface area contributed by atoms with E-state index in [0.29, 0.717) is 98.4 Å². The highest BCUT2D eigenvalue weighted by molar-refractivity contribution is 7.17. The molecule has 0 aliphatic carbocycles. The number of amides is 1. The maximum absolute atomic E-state index is 12.9. The predicted molar refractivity (Wildman–Crippen MR) is 233 cm³/mol. The van der Waals surface area contributed by atoms with Crippen LogP contribution in [0.2, 0.25) is 5.02 Å². The van der Waals surface area contributed by atoms with Gasteiger partial charge >= 0.3 is 0 Å². The molecule has 0 radical (unpaired) electrons. The van der Waals surface area contributed by atoms with Crippen LogP contribution in [0.15, 0.2) is 48.7 Å². The van der Waals surface area contributed by atoms with Gasteiger partial charge in [-0.2, -0.15) is 0 Å². The Labute approximate surface area is 356 Å². The summed E-state index contributed by atoms with van der Waals surface area (Å²) in [6.07, 6.45) is 4.47. The van der Waals surface area contributed by atoms with Crippen molar-refractivity contribution in [2.75, 3.05) is 114 Å². The topological polar surface area (TPSA) is 150 Å². The van der Waals surface area contributed by atoms with Gasteiger partial charge in [-0.25, -0.2) is 15.0 Å². The second-order valence-electron chi connectivity index (χ2n) is 14.3. The van der Waals surface area contributed by atoms with Gasteiger partial charge in [0.25, 0.3) is 5.91 Å². The first kappa shape index (κ1) is 46.0. The number of halogens is 1. The number of unbranched alkanes of at least 4 members (excludes halogenated alkanes) is 1. The van der Waals surface area contributed by atoms with Gasteiger partial charge in [0, 0.05) is 51.0 Å². The molecule has 14 nitrogen and oxygen atoms in total. The summed E-state index contributed by atoms with van der Waals surface area (Å²) in [4.78, 5) is 43.4. The number of hydrogen-bond donors (Lipinski definition) is 2. The van der Waals surface area contributed by atoms with E-state index in [4.69, 9.17) is 35.3 Å². The van der Waals surface area contributed by atoms with Crippen LogP contribution >= 0.6 is 22.9 Å². The third kappa shape index (κ3) is 15.8. The molecule has 0 atom stereocenters. The second kappa shape index (κ2) is 24.9. The minimum atomic E-state index is -0.272. The highest BCUT2D eigenvalue weighted by Crippen LogP contribution is 2.28. The first-order valence-electron chi connectivity index (χ1n) is 20.3. The van der Waals surface area contributed by atoms with Crippen LogP contribution in [-0.4, -0.2) is 130 Å². The number of aryl methyl sites for hydroxylation is 4. The summed E-state index contributed by atoms with van der Waals surface area (Å²) in [5.74, 6) is 1.96. The zero-order chi connectivity index (χ0) is 41.8. The van der Waals surface area contributed by atoms with E-state index in [1.807, 2.05) is 51.1 Å². The van der Waals surface area contributed by atoms with E-state index in [9.17, 15) is 9.59 Å². The molecule has 1 fully saturated rings. The van der Waals surface area contributed by atoms with Gasteiger partial charge in [0.05, 0.1) is 76.4 Å². The predicted octanol–water partition coefficient (Wildman–Crippen LogP) is 6.94. The lowest BCUT2D eigenvalue weighted by molar-refractivity contribution is -0.0124. The molecule has 320 valence electrons. The fourth-order valence-electron chi connectivity index (χ4n) is 6.40. The zero-order valence-electron chi connectivity index (χ0n) is 34.7. The fraction of sp³-hybridized carbons (Fsp3) is 0.512. The summed E-state index contributed by atoms with van der Waals surface area (Å²) >= 11 is 7.53. The van der Waals surface area contributed by atoms with Gasteiger partial charge in [-0.3, -0.25) is 14.5 Å². The molecule has 1 aliphatic heterocycles. The largest absolute Gasteiger partial charge is 0.379 e. The third-order valence-electron chi connectivity index (χ3n) is 9.67. The average Bonchev–Trinajstić information content (AvgIpc) is 3.69. The number of ketones is 1. The molecule has 0 unspecified atom stereocenters. The lowest BCUT2D eigenvalue weighted by Gasteiger charge is -2.35. The summed E-state index contributed by atoms with van der Waals surface area (Å²) in [5.41, 5.74) is 4.52. The van der Waals surface area contributed by atoms with Gasteiger partial charge < -0.3 is 39.2 Å². The molecule has 16 heteroatoms. The van der Waals surface area contributed by atoms with Gasteiger partial charge in [-0.05, 0) is 75.8 Å². The number of aromatic nitrogens is 3. The van der Waals surface area contributed by atoms with Crippen LogP contribution in [0.1, 0.15) is 62.3 Å². The molecule has 0 bridgehead atoms. The number of carbonyl (C=O) groups is 2. The van der Waals surface area contributed by atoms with Crippen LogP contribution in [0.3, 0.4) is 0 Å². The molecule has 1 aliphatic rings. The van der Waals surface area contributed by atoms with Crippen molar-refractivity contribution in [1.82, 2.24) is 19.9 Å². The van der Waals surface area contributed by atoms with E-state index >= 15 is 0 Å². The second-order valence-corrected chi connectivity index (χ2v) is 15.7. The number of thiazole rings is 1. The molecule has 2 aromatic carbocycles. The van der Waals surface area contributed by atoms with Crippen LogP contribution in [0.25, 0.3) is 0 Å². The van der Waals surface area contributed by atoms with E-state index in [1.54, 1.807) is 19.2 Å². The Morgan fingerprint density at radius 1 is 0.780 bits per heavy atom. The number of anilines is 4. The molecule has 2 aromatic heterocycles. The van der Waals surface area contributed by atoms with Crippen molar-refractivity contribution in [3.63, 3.8) is 0 Å². The number of para-hydroxylation sites is 1. The zero-order valence-corrected chi connectivity index (χ0v) is 36.3. The smallest absolute Gasteiger partial charge is 0.267 e. The van der Waals surface area contributed by atoms with Gasteiger partial charge in [-0.15, -0.1) is 0 Å². The minimum absolute atomic E-state index is 0.116. The van der Waals surface area contributed by atoms with Crippen LogP contribution in [-0.2, 0) is 30.1 Å². The quantitative estimate of drug-likeness (QED) is 0.0497. The number of nitrogens with zero attached hydrogens (tertiary/aromatic N) is 5. The van der Waals surface area contributed by atoms with Crippen molar-refractivity contribution in [1.29, 1.82) is 0 Å². The number of carbonyl (C=O) groups excluding carboxylic acids is 2. The van der Waals surface area contributed by atoms with E-state index < -0.39 is 0 Å². The number of rotatable bonds is 26. The highest BCUT2D eigenvalue weighted by atomic mass is 35.5. The Balaban J connectivity index is 0.833. The van der Waals surface area contributed by atoms with Crippen LogP contribution in [0, 0.1) is 20.8 Å². The Kier molecular flexibility index (Phi) is 19.4. The summed E-state index contributed by atoms with van der Waals surface area (Å²) in [6, 6.07) is 13.5. The van der Waals surface area contributed by atoms with Crippen LogP contribution < -0.4 is 15.5 Å². The Bertz CT molecular complexity index is 1900. The molecule has 3 heterocycles. The van der Waals surface area contributed by atoms with Crippen molar-refractivity contribution < 1.29 is 33.3 Å². The first-order chi connectivity index (χ1) is 28.7. The molecule has 2 N–H and O–H groups in total. The van der Waals surface area contributed by atoms with Crippen molar-refractivity contribution in [2.45, 2.75) is 47.0 Å². The first-order valence-corrected chi connectivity index (χ1v) is 21.5. The van der Waals surface area contributed by atoms with Gasteiger partial charge in [0.15, 0.2) is 10.9 Å². The Morgan fingerprint density at radius 2 is 1.44 bits per heavy atom. The number of piperazine rings is 1. The lowest BCUT2D eigenvalue weighted by Crippen LogP contribution is -2.47. The number of hydrogen-bond acceptors (Lipinski definition) is 14. The minimum Gasteiger partial charge on any atom is -0.379 e. The molecule has 1 amide bonds. The Morgan fingerprint density at radius 3 is 2.10 bits per heavy atom. The van der Waals surface area contributed by atoms with E-state index in [1.165, 1.54) is 16.9 Å². The SMILES string of the molecule is CC(=O)c1cc(CCCCOCCOCCOCCOCCOCCN2CCN(c3cc(Nc4ncc(C(=O)Nc5c(C)cccc5Cl)s4)nc(C)n3)CC2)ccc1C. The third-order valence-corrected chi connectivity index (χ3v) is 10.9. The van der Waals surface area contributed by atoms with E-state index in [0.717, 1.165) is 74.5 Å². The van der Waals surface area contributed by atoms with Gasteiger partial charge in [0.1, 0.15) is 22.3 Å². The molecular formula is C43H58ClN7O7S. The maximum Gasteiger partial charge on any atom is 0.267 e. The van der Waals surface area contributed by atoms with E-state index in [-0.39, 0.29) is 11.7 Å². The average molecular weight is 852 g/mol. The molecule has 0 saturated carbocycles. The lowest BCUT2D eigenvalue weighted by atomic mass is 9.99. The molecule has 1 saturated heterocycles. The highest BCUT2D eigenvalue weighted by Gasteiger charge is 2.20. The molecular weight excluding hydrogens is 794 g/mol. The molecule has 0 spiro atoms. The fourth-order valence-corrected chi connectivity index (χ4v) is 7.39. The number of Topliss-reactive ketones (excluding diaryl/α,β-unsaturated/α-hetero) is 1. The number of benzene rings is 2. The Hall–Kier alpha value is -4.06.